The maximum Gasteiger partial charge on any atom is 0.256 e. The fraction of sp³-hybridized carbons (Fsp3) is 0.435. The lowest BCUT2D eigenvalue weighted by Crippen LogP contribution is -2.38. The summed E-state index contributed by atoms with van der Waals surface area (Å²) in [5.41, 5.74) is 8.31. The first kappa shape index (κ1) is 23.8. The summed E-state index contributed by atoms with van der Waals surface area (Å²) in [5.74, 6) is 0.561. The van der Waals surface area contributed by atoms with Gasteiger partial charge in [0.2, 0.25) is 10.0 Å². The van der Waals surface area contributed by atoms with Gasteiger partial charge in [-0.2, -0.15) is 5.10 Å². The molecular formula is C23H28ClN7O3S. The molecule has 0 radical (unpaired) electrons. The SMILES string of the molecule is Cc1cn2nc(C3(N(C)C(=O)c4cc(Cl)ccc4NS(C)(=O)=O)CC3)cc2nc1N1CC[C@H](N)C1. The second-order valence-electron chi connectivity index (χ2n) is 9.53. The van der Waals surface area contributed by atoms with Crippen LogP contribution in [-0.4, -0.2) is 66.3 Å². The first-order chi connectivity index (χ1) is 16.5. The van der Waals surface area contributed by atoms with Crippen LogP contribution in [0.4, 0.5) is 11.5 Å². The zero-order valence-corrected chi connectivity index (χ0v) is 21.4. The van der Waals surface area contributed by atoms with Gasteiger partial charge in [-0.25, -0.2) is 17.9 Å². The van der Waals surface area contributed by atoms with Crippen LogP contribution in [0, 0.1) is 6.92 Å². The summed E-state index contributed by atoms with van der Waals surface area (Å²) in [6, 6.07) is 6.58. The van der Waals surface area contributed by atoms with E-state index in [9.17, 15) is 13.2 Å². The lowest BCUT2D eigenvalue weighted by Gasteiger charge is -2.27. The van der Waals surface area contributed by atoms with E-state index in [1.807, 2.05) is 19.2 Å². The number of hydrogen-bond donors (Lipinski definition) is 2. The molecule has 1 amide bonds. The molecular weight excluding hydrogens is 490 g/mol. The molecule has 1 aromatic carbocycles. The van der Waals surface area contributed by atoms with Crippen molar-refractivity contribution in [1.29, 1.82) is 0 Å². The zero-order chi connectivity index (χ0) is 25.1. The average molecular weight is 518 g/mol. The fourth-order valence-corrected chi connectivity index (χ4v) is 5.52. The van der Waals surface area contributed by atoms with Crippen LogP contribution in [0.15, 0.2) is 30.5 Å². The largest absolute Gasteiger partial charge is 0.355 e. The van der Waals surface area contributed by atoms with Gasteiger partial charge in [-0.1, -0.05) is 11.6 Å². The molecule has 0 bridgehead atoms. The molecule has 5 rings (SSSR count). The van der Waals surface area contributed by atoms with Crippen LogP contribution in [0.3, 0.4) is 0 Å². The smallest absolute Gasteiger partial charge is 0.256 e. The van der Waals surface area contributed by atoms with Gasteiger partial charge in [-0.05, 0) is 44.4 Å². The number of amides is 1. The molecule has 1 saturated heterocycles. The molecule has 1 aliphatic heterocycles. The minimum atomic E-state index is -3.58. The molecule has 2 aromatic heterocycles. The summed E-state index contributed by atoms with van der Waals surface area (Å²) < 4.78 is 27.8. The Kier molecular flexibility index (Phi) is 5.69. The van der Waals surface area contributed by atoms with E-state index in [1.54, 1.807) is 22.5 Å². The maximum atomic E-state index is 13.6. The maximum absolute atomic E-state index is 13.6. The van der Waals surface area contributed by atoms with Crippen molar-refractivity contribution < 1.29 is 13.2 Å². The number of sulfonamides is 1. The van der Waals surface area contributed by atoms with Crippen LogP contribution >= 0.6 is 11.6 Å². The predicted octanol–water partition coefficient (Wildman–Crippen LogP) is 2.36. The Hall–Kier alpha value is -2.89. The van der Waals surface area contributed by atoms with E-state index in [4.69, 9.17) is 27.4 Å². The monoisotopic (exact) mass is 517 g/mol. The quantitative estimate of drug-likeness (QED) is 0.514. The van der Waals surface area contributed by atoms with E-state index in [1.165, 1.54) is 12.1 Å². The lowest BCUT2D eigenvalue weighted by molar-refractivity contribution is 0.0701. The van der Waals surface area contributed by atoms with Crippen molar-refractivity contribution in [1.82, 2.24) is 19.5 Å². The molecule has 0 spiro atoms. The van der Waals surface area contributed by atoms with Crippen molar-refractivity contribution in [3.05, 3.63) is 52.3 Å². The minimum absolute atomic E-state index is 0.149. The van der Waals surface area contributed by atoms with Crippen molar-refractivity contribution in [2.24, 2.45) is 5.73 Å². The summed E-state index contributed by atoms with van der Waals surface area (Å²) in [4.78, 5) is 22.2. The number of benzene rings is 1. The van der Waals surface area contributed by atoms with Crippen LogP contribution in [-0.2, 0) is 15.6 Å². The van der Waals surface area contributed by atoms with Gasteiger partial charge in [-0.3, -0.25) is 9.52 Å². The van der Waals surface area contributed by atoms with E-state index in [0.29, 0.717) is 10.7 Å². The van der Waals surface area contributed by atoms with E-state index in [2.05, 4.69) is 9.62 Å². The molecule has 186 valence electrons. The number of fused-ring (bicyclic) bond motifs is 1. The van der Waals surface area contributed by atoms with Gasteiger partial charge in [0.05, 0.1) is 28.7 Å². The van der Waals surface area contributed by atoms with Crippen molar-refractivity contribution in [3.8, 4) is 0 Å². The predicted molar refractivity (Wildman–Crippen MR) is 135 cm³/mol. The number of aryl methyl sites for hydroxylation is 1. The van der Waals surface area contributed by atoms with Crippen LogP contribution < -0.4 is 15.4 Å². The Morgan fingerprint density at radius 2 is 2.06 bits per heavy atom. The highest BCUT2D eigenvalue weighted by molar-refractivity contribution is 7.92. The molecule has 10 nitrogen and oxygen atoms in total. The van der Waals surface area contributed by atoms with E-state index in [-0.39, 0.29) is 23.2 Å². The van der Waals surface area contributed by atoms with Gasteiger partial charge < -0.3 is 15.5 Å². The van der Waals surface area contributed by atoms with Crippen molar-refractivity contribution in [2.45, 2.75) is 37.8 Å². The zero-order valence-electron chi connectivity index (χ0n) is 19.8. The van der Waals surface area contributed by atoms with Crippen LogP contribution in [0.2, 0.25) is 5.02 Å². The summed E-state index contributed by atoms with van der Waals surface area (Å²) >= 11 is 6.15. The van der Waals surface area contributed by atoms with Gasteiger partial charge in [0.25, 0.3) is 5.91 Å². The summed E-state index contributed by atoms with van der Waals surface area (Å²) in [5, 5.41) is 5.11. The molecule has 1 aliphatic carbocycles. The molecule has 0 unspecified atom stereocenters. The van der Waals surface area contributed by atoms with E-state index >= 15 is 0 Å². The van der Waals surface area contributed by atoms with E-state index < -0.39 is 15.6 Å². The number of nitrogens with one attached hydrogen (secondary N) is 1. The van der Waals surface area contributed by atoms with Crippen molar-refractivity contribution in [2.75, 3.05) is 36.0 Å². The Morgan fingerprint density at radius 1 is 1.31 bits per heavy atom. The number of hydrogen-bond acceptors (Lipinski definition) is 7. The number of nitrogens with two attached hydrogens (primary N) is 1. The summed E-state index contributed by atoms with van der Waals surface area (Å²) in [6.45, 7) is 3.65. The highest BCUT2D eigenvalue weighted by Crippen LogP contribution is 2.50. The Morgan fingerprint density at radius 3 is 2.69 bits per heavy atom. The van der Waals surface area contributed by atoms with Crippen molar-refractivity contribution in [3.63, 3.8) is 0 Å². The Bertz CT molecular complexity index is 1430. The fourth-order valence-electron chi connectivity index (χ4n) is 4.77. The Balaban J connectivity index is 1.48. The van der Waals surface area contributed by atoms with Crippen LogP contribution in [0.25, 0.3) is 5.65 Å². The highest BCUT2D eigenvalue weighted by atomic mass is 35.5. The topological polar surface area (TPSA) is 126 Å². The third-order valence-electron chi connectivity index (χ3n) is 6.78. The standard InChI is InChI=1S/C23H28ClN7O3S/c1-14-12-31-20(26-21(14)30-9-6-16(25)13-30)11-19(27-31)23(7-8-23)29(2)22(32)17-10-15(24)4-5-18(17)28-35(3,33)34/h4-5,10-12,16,28H,6-9,13,25H2,1-3H3/t16-/m0/s1. The number of aromatic nitrogens is 3. The number of halogens is 1. The van der Waals surface area contributed by atoms with Gasteiger partial charge in [0, 0.05) is 49.0 Å². The molecule has 3 aromatic rings. The molecule has 2 aliphatic rings. The number of carbonyl (C=O) groups excluding carboxylic acids is 1. The number of anilines is 2. The molecule has 3 N–H and O–H groups in total. The molecule has 12 heteroatoms. The number of rotatable bonds is 6. The minimum Gasteiger partial charge on any atom is -0.355 e. The molecule has 1 saturated carbocycles. The number of carbonyl (C=O) groups is 1. The van der Waals surface area contributed by atoms with Crippen molar-refractivity contribution >= 4 is 44.7 Å². The summed E-state index contributed by atoms with van der Waals surface area (Å²) in [6.07, 6.45) is 5.40. The van der Waals surface area contributed by atoms with Gasteiger partial charge in [0.15, 0.2) is 5.65 Å². The molecule has 1 atom stereocenters. The number of nitrogens with zero attached hydrogens (tertiary/aromatic N) is 5. The second-order valence-corrected chi connectivity index (χ2v) is 11.7. The van der Waals surface area contributed by atoms with E-state index in [0.717, 1.165) is 55.7 Å². The lowest BCUT2D eigenvalue weighted by atomic mass is 10.1. The molecule has 3 heterocycles. The third kappa shape index (κ3) is 4.43. The second kappa shape index (κ2) is 8.35. The highest BCUT2D eigenvalue weighted by Gasteiger charge is 2.52. The molecule has 2 fully saturated rings. The normalized spacial score (nSPS) is 19.2. The van der Waals surface area contributed by atoms with Gasteiger partial charge >= 0.3 is 0 Å². The summed E-state index contributed by atoms with van der Waals surface area (Å²) in [7, 11) is -1.87. The Labute approximate surface area is 209 Å². The molecule has 35 heavy (non-hydrogen) atoms. The van der Waals surface area contributed by atoms with Crippen LogP contribution in [0.1, 0.15) is 40.9 Å². The third-order valence-corrected chi connectivity index (χ3v) is 7.61. The van der Waals surface area contributed by atoms with Gasteiger partial charge in [-0.15, -0.1) is 0 Å². The first-order valence-electron chi connectivity index (χ1n) is 11.4. The van der Waals surface area contributed by atoms with Crippen LogP contribution in [0.5, 0.6) is 0 Å². The average Bonchev–Trinajstić information content (AvgIpc) is 3.31. The van der Waals surface area contributed by atoms with Gasteiger partial charge in [0.1, 0.15) is 5.82 Å². The first-order valence-corrected chi connectivity index (χ1v) is 13.7.